The van der Waals surface area contributed by atoms with Crippen LogP contribution in [0.3, 0.4) is 0 Å². The van der Waals surface area contributed by atoms with Gasteiger partial charge in [0.2, 0.25) is 0 Å². The van der Waals surface area contributed by atoms with Crippen LogP contribution in [0.4, 0.5) is 8.78 Å². The van der Waals surface area contributed by atoms with Crippen molar-refractivity contribution in [2.45, 2.75) is 25.8 Å². The van der Waals surface area contributed by atoms with Gasteiger partial charge in [-0.05, 0) is 49.2 Å². The summed E-state index contributed by atoms with van der Waals surface area (Å²) in [6.07, 6.45) is 1.25. The van der Waals surface area contributed by atoms with Crippen molar-refractivity contribution in [1.82, 2.24) is 5.32 Å². The number of nitrogens with one attached hydrogen (secondary N) is 1. The first kappa shape index (κ1) is 16.1. The molecule has 1 unspecified atom stereocenters. The van der Waals surface area contributed by atoms with Gasteiger partial charge < -0.3 is 5.32 Å². The van der Waals surface area contributed by atoms with Gasteiger partial charge in [-0.3, -0.25) is 0 Å². The van der Waals surface area contributed by atoms with Crippen LogP contribution >= 0.6 is 15.9 Å². The summed E-state index contributed by atoms with van der Waals surface area (Å²) in [7, 11) is 0. The molecule has 1 N–H and O–H groups in total. The molecule has 2 aromatic rings. The van der Waals surface area contributed by atoms with E-state index in [4.69, 9.17) is 0 Å². The normalized spacial score (nSPS) is 12.4. The van der Waals surface area contributed by atoms with Crippen molar-refractivity contribution in [2.24, 2.45) is 0 Å². The molecule has 0 spiro atoms. The van der Waals surface area contributed by atoms with E-state index in [2.05, 4.69) is 28.2 Å². The molecule has 0 aromatic heterocycles. The van der Waals surface area contributed by atoms with Crippen LogP contribution in [-0.2, 0) is 6.42 Å². The number of rotatable bonds is 6. The van der Waals surface area contributed by atoms with Crippen LogP contribution in [0.5, 0.6) is 0 Å². The highest BCUT2D eigenvalue weighted by Gasteiger charge is 2.17. The molecule has 0 saturated carbocycles. The molecule has 0 bridgehead atoms. The monoisotopic (exact) mass is 353 g/mol. The van der Waals surface area contributed by atoms with Gasteiger partial charge >= 0.3 is 0 Å². The molecule has 0 heterocycles. The minimum atomic E-state index is -0.492. The Balaban J connectivity index is 2.28. The second-order valence-corrected chi connectivity index (χ2v) is 5.88. The number of hydrogen-bond donors (Lipinski definition) is 1. The maximum absolute atomic E-state index is 13.9. The zero-order chi connectivity index (χ0) is 15.2. The van der Waals surface area contributed by atoms with E-state index in [0.717, 1.165) is 23.0 Å². The Morgan fingerprint density at radius 3 is 2.38 bits per heavy atom. The van der Waals surface area contributed by atoms with Crippen molar-refractivity contribution in [3.05, 3.63) is 69.7 Å². The summed E-state index contributed by atoms with van der Waals surface area (Å²) in [5, 5.41) is 3.36. The van der Waals surface area contributed by atoms with Crippen LogP contribution in [0.1, 0.15) is 30.5 Å². The highest BCUT2D eigenvalue weighted by molar-refractivity contribution is 9.10. The van der Waals surface area contributed by atoms with Gasteiger partial charge in [0.25, 0.3) is 0 Å². The first-order valence-electron chi connectivity index (χ1n) is 7.03. The van der Waals surface area contributed by atoms with Crippen LogP contribution in [0.15, 0.2) is 46.9 Å². The van der Waals surface area contributed by atoms with E-state index in [1.807, 2.05) is 24.3 Å². The maximum atomic E-state index is 13.9. The Hall–Kier alpha value is -1.26. The molecule has 0 aliphatic heterocycles. The lowest BCUT2D eigenvalue weighted by Crippen LogP contribution is -2.25. The van der Waals surface area contributed by atoms with Crippen LogP contribution in [-0.4, -0.2) is 6.54 Å². The van der Waals surface area contributed by atoms with Crippen LogP contribution < -0.4 is 5.32 Å². The van der Waals surface area contributed by atoms with Crippen molar-refractivity contribution in [1.29, 1.82) is 0 Å². The molecule has 0 aliphatic rings. The summed E-state index contributed by atoms with van der Waals surface area (Å²) in [6.45, 7) is 2.86. The summed E-state index contributed by atoms with van der Waals surface area (Å²) < 4.78 is 28.7. The van der Waals surface area contributed by atoms with Crippen molar-refractivity contribution in [2.75, 3.05) is 6.54 Å². The van der Waals surface area contributed by atoms with Crippen molar-refractivity contribution in [3.8, 4) is 0 Å². The van der Waals surface area contributed by atoms with E-state index in [0.29, 0.717) is 0 Å². The minimum Gasteiger partial charge on any atom is -0.310 e. The Morgan fingerprint density at radius 1 is 1.10 bits per heavy atom. The van der Waals surface area contributed by atoms with Crippen LogP contribution in [0, 0.1) is 11.6 Å². The lowest BCUT2D eigenvalue weighted by Gasteiger charge is -2.20. The van der Waals surface area contributed by atoms with E-state index in [1.54, 1.807) is 0 Å². The largest absolute Gasteiger partial charge is 0.310 e. The molecular formula is C17H18BrF2N. The molecule has 21 heavy (non-hydrogen) atoms. The molecule has 2 aromatic carbocycles. The fourth-order valence-electron chi connectivity index (χ4n) is 2.28. The second-order valence-electron chi connectivity index (χ2n) is 4.97. The average molecular weight is 354 g/mol. The Labute approximate surface area is 132 Å². The van der Waals surface area contributed by atoms with E-state index < -0.39 is 11.6 Å². The fraction of sp³-hybridized carbons (Fsp3) is 0.294. The molecular weight excluding hydrogens is 336 g/mol. The topological polar surface area (TPSA) is 12.0 Å². The minimum absolute atomic E-state index is 0.117. The summed E-state index contributed by atoms with van der Waals surface area (Å²) in [5.41, 5.74) is 1.14. The van der Waals surface area contributed by atoms with Crippen molar-refractivity contribution < 1.29 is 8.78 Å². The van der Waals surface area contributed by atoms with E-state index in [1.165, 1.54) is 18.2 Å². The summed E-state index contributed by atoms with van der Waals surface area (Å²) in [4.78, 5) is 0. The van der Waals surface area contributed by atoms with Gasteiger partial charge in [-0.2, -0.15) is 0 Å². The predicted octanol–water partition coefficient (Wildman–Crippen LogP) is 5.01. The molecule has 1 atom stereocenters. The highest BCUT2D eigenvalue weighted by Crippen LogP contribution is 2.24. The van der Waals surface area contributed by atoms with Gasteiger partial charge in [-0.15, -0.1) is 0 Å². The lowest BCUT2D eigenvalue weighted by atomic mass is 9.98. The smallest absolute Gasteiger partial charge is 0.129 e. The zero-order valence-corrected chi connectivity index (χ0v) is 13.5. The van der Waals surface area contributed by atoms with E-state index >= 15 is 0 Å². The summed E-state index contributed by atoms with van der Waals surface area (Å²) in [6, 6.07) is 11.7. The molecule has 4 heteroatoms. The molecule has 2 rings (SSSR count). The zero-order valence-electron chi connectivity index (χ0n) is 11.9. The number of hydrogen-bond acceptors (Lipinski definition) is 1. The summed E-state index contributed by atoms with van der Waals surface area (Å²) >= 11 is 3.44. The van der Waals surface area contributed by atoms with E-state index in [9.17, 15) is 8.78 Å². The number of benzene rings is 2. The van der Waals surface area contributed by atoms with Gasteiger partial charge in [0.1, 0.15) is 11.6 Å². The van der Waals surface area contributed by atoms with Crippen molar-refractivity contribution >= 4 is 15.9 Å². The van der Waals surface area contributed by atoms with Gasteiger partial charge in [-0.25, -0.2) is 8.78 Å². The predicted molar refractivity (Wildman–Crippen MR) is 85.2 cm³/mol. The van der Waals surface area contributed by atoms with Gasteiger partial charge in [0.05, 0.1) is 0 Å². The average Bonchev–Trinajstić information content (AvgIpc) is 2.46. The molecule has 0 aliphatic carbocycles. The molecule has 112 valence electrons. The Morgan fingerprint density at radius 2 is 1.76 bits per heavy atom. The fourth-order valence-corrected chi connectivity index (χ4v) is 2.70. The first-order valence-corrected chi connectivity index (χ1v) is 7.83. The van der Waals surface area contributed by atoms with Gasteiger partial charge in [0, 0.05) is 16.1 Å². The Kier molecular flexibility index (Phi) is 5.88. The first-order chi connectivity index (χ1) is 10.1. The summed E-state index contributed by atoms with van der Waals surface area (Å²) in [5.74, 6) is -0.985. The SMILES string of the molecule is CCCNC(Cc1c(F)cccc1F)c1cccc(Br)c1. The third kappa shape index (κ3) is 4.35. The third-order valence-corrected chi connectivity index (χ3v) is 3.85. The van der Waals surface area contributed by atoms with E-state index in [-0.39, 0.29) is 18.0 Å². The lowest BCUT2D eigenvalue weighted by molar-refractivity contribution is 0.490. The molecule has 1 nitrogen and oxygen atoms in total. The van der Waals surface area contributed by atoms with Crippen molar-refractivity contribution in [3.63, 3.8) is 0 Å². The number of halogens is 3. The molecule has 0 saturated heterocycles. The quantitative estimate of drug-likeness (QED) is 0.769. The maximum Gasteiger partial charge on any atom is 0.129 e. The highest BCUT2D eigenvalue weighted by atomic mass is 79.9. The standard InChI is InChI=1S/C17H18BrF2N/c1-2-9-21-17(12-5-3-6-13(18)10-12)11-14-15(19)7-4-8-16(14)20/h3-8,10,17,21H,2,9,11H2,1H3. The Bertz CT molecular complexity index is 581. The van der Waals surface area contributed by atoms with Gasteiger partial charge in [0.15, 0.2) is 0 Å². The molecule has 0 fully saturated rings. The third-order valence-electron chi connectivity index (χ3n) is 3.36. The second kappa shape index (κ2) is 7.66. The van der Waals surface area contributed by atoms with Crippen LogP contribution in [0.2, 0.25) is 0 Å². The molecule has 0 radical (unpaired) electrons. The molecule has 0 amide bonds. The van der Waals surface area contributed by atoms with Crippen LogP contribution in [0.25, 0.3) is 0 Å². The van der Waals surface area contributed by atoms with Gasteiger partial charge in [-0.1, -0.05) is 41.1 Å².